The fraction of sp³-hybridized carbons (Fsp3) is 0.421. The number of carbonyl (C=O) groups excluding carboxylic acids is 2. The molecule has 25 heavy (non-hydrogen) atoms. The third-order valence-corrected chi connectivity index (χ3v) is 4.40. The molecule has 1 unspecified atom stereocenters. The highest BCUT2D eigenvalue weighted by Gasteiger charge is 2.25. The molecule has 0 aliphatic carbocycles. The van der Waals surface area contributed by atoms with Crippen LogP contribution in [0.25, 0.3) is 10.9 Å². The lowest BCUT2D eigenvalue weighted by Gasteiger charge is -2.19. The number of rotatable bonds is 7. The van der Waals surface area contributed by atoms with Crippen molar-refractivity contribution in [3.8, 4) is 0 Å². The molecular weight excluding hydrogens is 384 g/mol. The van der Waals surface area contributed by atoms with Gasteiger partial charge in [0.15, 0.2) is 0 Å². The van der Waals surface area contributed by atoms with Gasteiger partial charge < -0.3 is 10.5 Å². The Morgan fingerprint density at radius 1 is 1.28 bits per heavy atom. The van der Waals surface area contributed by atoms with Crippen LogP contribution in [-0.2, 0) is 14.3 Å². The summed E-state index contributed by atoms with van der Waals surface area (Å²) in [5.74, 6) is -1.07. The maximum atomic E-state index is 12.6. The molecular formula is C19H23BrN2O3. The molecule has 2 N–H and O–H groups in total. The number of nitrogens with two attached hydrogens (primary N) is 1. The number of primary amides is 1. The molecule has 5 nitrogen and oxygen atoms in total. The van der Waals surface area contributed by atoms with Gasteiger partial charge in [0.05, 0.1) is 18.0 Å². The smallest absolute Gasteiger partial charge is 0.313 e. The highest BCUT2D eigenvalue weighted by Crippen LogP contribution is 2.29. The summed E-state index contributed by atoms with van der Waals surface area (Å²) < 4.78 is 6.36. The van der Waals surface area contributed by atoms with Crippen LogP contribution in [0.3, 0.4) is 0 Å². The standard InChI is InChI=1S/C19H23BrN2O3/c1-11(2)10-25-19(24)15(6-7-18(21)23)16-8-13-4-5-14(20)9-17(13)22-12(16)3/h4-5,8-9,11,15H,6-7,10H2,1-3H3,(H2,21,23). The van der Waals surface area contributed by atoms with Gasteiger partial charge in [-0.3, -0.25) is 14.6 Å². The average molecular weight is 407 g/mol. The van der Waals surface area contributed by atoms with Crippen molar-refractivity contribution in [2.75, 3.05) is 6.61 Å². The molecule has 0 radical (unpaired) electrons. The number of fused-ring (bicyclic) bond motifs is 1. The van der Waals surface area contributed by atoms with Crippen molar-refractivity contribution in [2.45, 2.75) is 39.5 Å². The maximum Gasteiger partial charge on any atom is 0.313 e. The van der Waals surface area contributed by atoms with Gasteiger partial charge in [0.25, 0.3) is 0 Å². The average Bonchev–Trinajstić information content (AvgIpc) is 2.53. The van der Waals surface area contributed by atoms with Gasteiger partial charge in [-0.2, -0.15) is 0 Å². The van der Waals surface area contributed by atoms with Crippen LogP contribution in [-0.4, -0.2) is 23.5 Å². The van der Waals surface area contributed by atoms with Gasteiger partial charge in [0, 0.05) is 22.0 Å². The lowest BCUT2D eigenvalue weighted by atomic mass is 9.92. The number of carbonyl (C=O) groups is 2. The number of esters is 1. The van der Waals surface area contributed by atoms with E-state index in [0.29, 0.717) is 13.0 Å². The number of ether oxygens (including phenoxy) is 1. The van der Waals surface area contributed by atoms with Crippen molar-refractivity contribution < 1.29 is 14.3 Å². The van der Waals surface area contributed by atoms with Crippen LogP contribution in [0.1, 0.15) is 43.9 Å². The lowest BCUT2D eigenvalue weighted by Crippen LogP contribution is -2.22. The van der Waals surface area contributed by atoms with E-state index in [1.165, 1.54) is 0 Å². The minimum atomic E-state index is -0.549. The molecule has 0 aliphatic rings. The van der Waals surface area contributed by atoms with E-state index in [1.807, 2.05) is 45.0 Å². The maximum absolute atomic E-state index is 12.6. The molecule has 0 saturated carbocycles. The number of pyridine rings is 1. The minimum Gasteiger partial charge on any atom is -0.465 e. The monoisotopic (exact) mass is 406 g/mol. The summed E-state index contributed by atoms with van der Waals surface area (Å²) in [6, 6.07) is 7.76. The van der Waals surface area contributed by atoms with E-state index >= 15 is 0 Å². The van der Waals surface area contributed by atoms with E-state index < -0.39 is 11.8 Å². The van der Waals surface area contributed by atoms with Gasteiger partial charge in [-0.05, 0) is 43.0 Å². The number of benzene rings is 1. The van der Waals surface area contributed by atoms with E-state index in [1.54, 1.807) is 0 Å². The molecule has 1 amide bonds. The summed E-state index contributed by atoms with van der Waals surface area (Å²) in [7, 11) is 0. The number of nitrogens with zero attached hydrogens (tertiary/aromatic N) is 1. The molecule has 0 spiro atoms. The van der Waals surface area contributed by atoms with Crippen molar-refractivity contribution in [2.24, 2.45) is 11.7 Å². The SMILES string of the molecule is Cc1nc2cc(Br)ccc2cc1C(CCC(N)=O)C(=O)OCC(C)C. The highest BCUT2D eigenvalue weighted by atomic mass is 79.9. The highest BCUT2D eigenvalue weighted by molar-refractivity contribution is 9.10. The van der Waals surface area contributed by atoms with Crippen LogP contribution in [0.5, 0.6) is 0 Å². The van der Waals surface area contributed by atoms with Crippen molar-refractivity contribution >= 4 is 38.7 Å². The van der Waals surface area contributed by atoms with Gasteiger partial charge >= 0.3 is 5.97 Å². The molecule has 1 heterocycles. The Morgan fingerprint density at radius 3 is 2.64 bits per heavy atom. The fourth-order valence-electron chi connectivity index (χ4n) is 2.64. The van der Waals surface area contributed by atoms with Crippen molar-refractivity contribution in [1.82, 2.24) is 4.98 Å². The quantitative estimate of drug-likeness (QED) is 0.707. The Balaban J connectivity index is 2.39. The van der Waals surface area contributed by atoms with Gasteiger partial charge in [-0.25, -0.2) is 0 Å². The van der Waals surface area contributed by atoms with Crippen LogP contribution in [0, 0.1) is 12.8 Å². The van der Waals surface area contributed by atoms with Crippen LogP contribution in [0.4, 0.5) is 0 Å². The predicted molar refractivity (Wildman–Crippen MR) is 101 cm³/mol. The topological polar surface area (TPSA) is 82.3 Å². The molecule has 1 aromatic heterocycles. The predicted octanol–water partition coefficient (Wildman–Crippen LogP) is 3.85. The molecule has 1 aromatic carbocycles. The number of amides is 1. The molecule has 134 valence electrons. The number of aromatic nitrogens is 1. The summed E-state index contributed by atoms with van der Waals surface area (Å²) >= 11 is 3.44. The Labute approximate surface area is 156 Å². The molecule has 1 atom stereocenters. The zero-order valence-electron chi connectivity index (χ0n) is 14.7. The third-order valence-electron chi connectivity index (χ3n) is 3.91. The first-order valence-electron chi connectivity index (χ1n) is 8.29. The lowest BCUT2D eigenvalue weighted by molar-refractivity contribution is -0.146. The van der Waals surface area contributed by atoms with Crippen molar-refractivity contribution in [3.05, 3.63) is 40.0 Å². The number of hydrogen-bond acceptors (Lipinski definition) is 4. The Bertz CT molecular complexity index is 790. The van der Waals surface area contributed by atoms with E-state index in [-0.39, 0.29) is 18.3 Å². The molecule has 2 aromatic rings. The first-order chi connectivity index (χ1) is 11.8. The van der Waals surface area contributed by atoms with Crippen LogP contribution in [0.2, 0.25) is 0 Å². The number of aryl methyl sites for hydroxylation is 1. The van der Waals surface area contributed by atoms with Crippen LogP contribution < -0.4 is 5.73 Å². The third kappa shape index (κ3) is 5.26. The Kier molecular flexibility index (Phi) is 6.53. The second-order valence-corrected chi connectivity index (χ2v) is 7.50. The number of halogens is 1. The van der Waals surface area contributed by atoms with E-state index in [2.05, 4.69) is 20.9 Å². The molecule has 0 bridgehead atoms. The molecule has 0 aliphatic heterocycles. The van der Waals surface area contributed by atoms with Gasteiger partial charge in [0.1, 0.15) is 0 Å². The zero-order chi connectivity index (χ0) is 18.6. The second-order valence-electron chi connectivity index (χ2n) is 6.58. The summed E-state index contributed by atoms with van der Waals surface area (Å²) in [6.07, 6.45) is 0.441. The van der Waals surface area contributed by atoms with Gasteiger partial charge in [-0.15, -0.1) is 0 Å². The zero-order valence-corrected chi connectivity index (χ0v) is 16.3. The van der Waals surface area contributed by atoms with Crippen molar-refractivity contribution in [3.63, 3.8) is 0 Å². The molecule has 0 fully saturated rings. The second kappa shape index (κ2) is 8.43. The summed E-state index contributed by atoms with van der Waals surface area (Å²) in [5, 5.41) is 0.935. The normalized spacial score (nSPS) is 12.4. The largest absolute Gasteiger partial charge is 0.465 e. The minimum absolute atomic E-state index is 0.124. The summed E-state index contributed by atoms with van der Waals surface area (Å²) in [6.45, 7) is 6.17. The van der Waals surface area contributed by atoms with Crippen molar-refractivity contribution in [1.29, 1.82) is 0 Å². The van der Waals surface area contributed by atoms with E-state index in [4.69, 9.17) is 10.5 Å². The molecule has 2 rings (SSSR count). The van der Waals surface area contributed by atoms with E-state index in [9.17, 15) is 9.59 Å². The van der Waals surface area contributed by atoms with Gasteiger partial charge in [-0.1, -0.05) is 35.8 Å². The van der Waals surface area contributed by atoms with Crippen LogP contribution in [0.15, 0.2) is 28.7 Å². The summed E-state index contributed by atoms with van der Waals surface area (Å²) in [5.41, 5.74) is 7.66. The molecule has 0 saturated heterocycles. The Morgan fingerprint density at radius 2 is 2.00 bits per heavy atom. The van der Waals surface area contributed by atoms with Crippen LogP contribution >= 0.6 is 15.9 Å². The molecule has 6 heteroatoms. The first-order valence-corrected chi connectivity index (χ1v) is 9.09. The Hall–Kier alpha value is -1.95. The summed E-state index contributed by atoms with van der Waals surface area (Å²) in [4.78, 5) is 28.4. The van der Waals surface area contributed by atoms with E-state index in [0.717, 1.165) is 26.6 Å². The first kappa shape index (κ1) is 19.4. The fourth-order valence-corrected chi connectivity index (χ4v) is 2.99. The van der Waals surface area contributed by atoms with Gasteiger partial charge in [0.2, 0.25) is 5.91 Å². The number of hydrogen-bond donors (Lipinski definition) is 1.